The van der Waals surface area contributed by atoms with Crippen LogP contribution in [0, 0.1) is 0 Å². The third-order valence-electron chi connectivity index (χ3n) is 2.35. The van der Waals surface area contributed by atoms with E-state index >= 15 is 0 Å². The Morgan fingerprint density at radius 2 is 1.63 bits per heavy atom. The molecule has 0 atom stereocenters. The third kappa shape index (κ3) is 5.50. The third-order valence-corrected chi connectivity index (χ3v) is 2.35. The summed E-state index contributed by atoms with van der Waals surface area (Å²) in [4.78, 5) is 11.7. The van der Waals surface area contributed by atoms with Gasteiger partial charge in [0.2, 0.25) is 0 Å². The van der Waals surface area contributed by atoms with Gasteiger partial charge in [-0.1, -0.05) is 0 Å². The fourth-order valence-electron chi connectivity index (χ4n) is 1.54. The molecule has 2 N–H and O–H groups in total. The highest BCUT2D eigenvalue weighted by atomic mass is 16.5. The molecule has 19 heavy (non-hydrogen) atoms. The molecule has 1 aromatic rings. The zero-order valence-corrected chi connectivity index (χ0v) is 12.2. The van der Waals surface area contributed by atoms with Gasteiger partial charge in [0, 0.05) is 18.2 Å². The lowest BCUT2D eigenvalue weighted by Crippen LogP contribution is -2.46. The molecule has 0 aliphatic rings. The molecule has 0 radical (unpaired) electrons. The van der Waals surface area contributed by atoms with Crippen LogP contribution in [0.2, 0.25) is 0 Å². The van der Waals surface area contributed by atoms with E-state index in [9.17, 15) is 4.79 Å². The molecule has 5 heteroatoms. The van der Waals surface area contributed by atoms with Crippen molar-refractivity contribution in [1.29, 1.82) is 0 Å². The minimum atomic E-state index is -0.254. The number of amides is 2. The van der Waals surface area contributed by atoms with Crippen molar-refractivity contribution in [2.45, 2.75) is 32.9 Å². The van der Waals surface area contributed by atoms with Crippen molar-refractivity contribution >= 4 is 6.03 Å². The molecule has 0 aromatic heterocycles. The topological polar surface area (TPSA) is 59.6 Å². The summed E-state index contributed by atoms with van der Waals surface area (Å²) in [6.45, 7) is 6.21. The number of carbonyl (C=O) groups is 1. The van der Waals surface area contributed by atoms with E-state index in [-0.39, 0.29) is 11.6 Å². The van der Waals surface area contributed by atoms with Crippen LogP contribution >= 0.6 is 0 Å². The lowest BCUT2D eigenvalue weighted by Gasteiger charge is -2.20. The highest BCUT2D eigenvalue weighted by Crippen LogP contribution is 2.22. The highest BCUT2D eigenvalue weighted by molar-refractivity contribution is 5.74. The molecule has 0 unspecified atom stereocenters. The number of benzene rings is 1. The molecular formula is C14H22N2O3. The highest BCUT2D eigenvalue weighted by Gasteiger charge is 2.13. The number of hydrogen-bond acceptors (Lipinski definition) is 3. The maximum Gasteiger partial charge on any atom is 0.315 e. The van der Waals surface area contributed by atoms with Gasteiger partial charge in [0.1, 0.15) is 11.5 Å². The zero-order chi connectivity index (χ0) is 14.5. The van der Waals surface area contributed by atoms with Gasteiger partial charge >= 0.3 is 6.03 Å². The maximum atomic E-state index is 11.7. The summed E-state index contributed by atoms with van der Waals surface area (Å²) >= 11 is 0. The fraction of sp³-hybridized carbons (Fsp3) is 0.500. The Hall–Kier alpha value is -1.91. The second kappa shape index (κ2) is 6.31. The average Bonchev–Trinajstić information content (AvgIpc) is 2.33. The minimum absolute atomic E-state index is 0.200. The molecule has 0 saturated heterocycles. The predicted molar refractivity (Wildman–Crippen MR) is 74.7 cm³/mol. The first-order chi connectivity index (χ1) is 8.84. The quantitative estimate of drug-likeness (QED) is 0.879. The number of nitrogens with one attached hydrogen (secondary N) is 2. The Morgan fingerprint density at radius 3 is 2.05 bits per heavy atom. The SMILES string of the molecule is COc1cc(CNC(=O)NC(C)(C)C)cc(OC)c1. The molecule has 1 rings (SSSR count). The fourth-order valence-corrected chi connectivity index (χ4v) is 1.54. The van der Waals surface area contributed by atoms with E-state index in [4.69, 9.17) is 9.47 Å². The lowest BCUT2D eigenvalue weighted by molar-refractivity contribution is 0.231. The smallest absolute Gasteiger partial charge is 0.315 e. The lowest BCUT2D eigenvalue weighted by atomic mass is 10.1. The molecule has 0 saturated carbocycles. The zero-order valence-electron chi connectivity index (χ0n) is 12.2. The van der Waals surface area contributed by atoms with Crippen molar-refractivity contribution < 1.29 is 14.3 Å². The van der Waals surface area contributed by atoms with Crippen molar-refractivity contribution in [3.8, 4) is 11.5 Å². The summed E-state index contributed by atoms with van der Waals surface area (Å²) in [7, 11) is 3.19. The number of hydrogen-bond donors (Lipinski definition) is 2. The van der Waals surface area contributed by atoms with E-state index in [1.807, 2.05) is 32.9 Å². The molecule has 106 valence electrons. The molecule has 0 heterocycles. The largest absolute Gasteiger partial charge is 0.497 e. The first kappa shape index (κ1) is 15.1. The number of rotatable bonds is 4. The van der Waals surface area contributed by atoms with Crippen LogP contribution in [0.5, 0.6) is 11.5 Å². The summed E-state index contributed by atoms with van der Waals surface area (Å²) in [5.41, 5.74) is 0.663. The van der Waals surface area contributed by atoms with Gasteiger partial charge in [-0.05, 0) is 38.5 Å². The molecule has 0 aliphatic carbocycles. The molecule has 2 amide bonds. The van der Waals surface area contributed by atoms with Crippen molar-refractivity contribution in [1.82, 2.24) is 10.6 Å². The first-order valence-corrected chi connectivity index (χ1v) is 6.12. The Kier molecular flexibility index (Phi) is 5.03. The van der Waals surface area contributed by atoms with Crippen LogP contribution in [-0.4, -0.2) is 25.8 Å². The van der Waals surface area contributed by atoms with Gasteiger partial charge in [-0.25, -0.2) is 4.79 Å². The molecule has 0 fully saturated rings. The first-order valence-electron chi connectivity index (χ1n) is 6.12. The number of carbonyl (C=O) groups excluding carboxylic acids is 1. The summed E-state index contributed by atoms with van der Waals surface area (Å²) in [5.74, 6) is 1.40. The van der Waals surface area contributed by atoms with Crippen molar-refractivity contribution in [2.75, 3.05) is 14.2 Å². The van der Waals surface area contributed by atoms with Crippen LogP contribution in [-0.2, 0) is 6.54 Å². The summed E-state index contributed by atoms with van der Waals surface area (Å²) in [6.07, 6.45) is 0. The Labute approximate surface area is 114 Å². The second-order valence-electron chi connectivity index (χ2n) is 5.28. The van der Waals surface area contributed by atoms with Crippen LogP contribution in [0.3, 0.4) is 0 Å². The molecule has 0 aliphatic heterocycles. The Morgan fingerprint density at radius 1 is 1.11 bits per heavy atom. The van der Waals surface area contributed by atoms with Gasteiger partial charge < -0.3 is 20.1 Å². The van der Waals surface area contributed by atoms with Crippen LogP contribution in [0.25, 0.3) is 0 Å². The second-order valence-corrected chi connectivity index (χ2v) is 5.28. The molecular weight excluding hydrogens is 244 g/mol. The van der Waals surface area contributed by atoms with Crippen LogP contribution in [0.4, 0.5) is 4.79 Å². The summed E-state index contributed by atoms with van der Waals surface area (Å²) in [5, 5.41) is 5.63. The molecule has 0 bridgehead atoms. The van der Waals surface area contributed by atoms with Crippen molar-refractivity contribution in [3.05, 3.63) is 23.8 Å². The van der Waals surface area contributed by atoms with Crippen LogP contribution in [0.15, 0.2) is 18.2 Å². The predicted octanol–water partition coefficient (Wildman–Crippen LogP) is 2.30. The van der Waals surface area contributed by atoms with E-state index in [0.29, 0.717) is 18.0 Å². The normalized spacial score (nSPS) is 10.8. The minimum Gasteiger partial charge on any atom is -0.497 e. The number of ether oxygens (including phenoxy) is 2. The molecule has 5 nitrogen and oxygen atoms in total. The van der Waals surface area contributed by atoms with Gasteiger partial charge in [-0.3, -0.25) is 0 Å². The van der Waals surface area contributed by atoms with Crippen molar-refractivity contribution in [2.24, 2.45) is 0 Å². The summed E-state index contributed by atoms with van der Waals surface area (Å²) in [6, 6.07) is 5.31. The van der Waals surface area contributed by atoms with E-state index < -0.39 is 0 Å². The standard InChI is InChI=1S/C14H22N2O3/c1-14(2,3)16-13(17)15-9-10-6-11(18-4)8-12(7-10)19-5/h6-8H,9H2,1-5H3,(H2,15,16,17). The summed E-state index contributed by atoms with van der Waals surface area (Å²) < 4.78 is 10.4. The van der Waals surface area contributed by atoms with Gasteiger partial charge in [-0.15, -0.1) is 0 Å². The van der Waals surface area contributed by atoms with E-state index in [2.05, 4.69) is 10.6 Å². The van der Waals surface area contributed by atoms with Crippen molar-refractivity contribution in [3.63, 3.8) is 0 Å². The Bertz CT molecular complexity index is 417. The van der Waals surface area contributed by atoms with E-state index in [0.717, 1.165) is 5.56 Å². The number of methoxy groups -OCH3 is 2. The van der Waals surface area contributed by atoms with Crippen LogP contribution < -0.4 is 20.1 Å². The van der Waals surface area contributed by atoms with E-state index in [1.54, 1.807) is 20.3 Å². The van der Waals surface area contributed by atoms with Gasteiger partial charge in [-0.2, -0.15) is 0 Å². The Balaban J connectivity index is 2.64. The van der Waals surface area contributed by atoms with Gasteiger partial charge in [0.05, 0.1) is 14.2 Å². The van der Waals surface area contributed by atoms with Gasteiger partial charge in [0.25, 0.3) is 0 Å². The van der Waals surface area contributed by atoms with E-state index in [1.165, 1.54) is 0 Å². The van der Waals surface area contributed by atoms with Crippen LogP contribution in [0.1, 0.15) is 26.3 Å². The van der Waals surface area contributed by atoms with Gasteiger partial charge in [0.15, 0.2) is 0 Å². The molecule has 1 aromatic carbocycles. The monoisotopic (exact) mass is 266 g/mol. The maximum absolute atomic E-state index is 11.7. The molecule has 0 spiro atoms. The number of urea groups is 1. The average molecular weight is 266 g/mol.